The number of rotatable bonds is 6. The molecule has 1 unspecified atom stereocenters. The van der Waals surface area contributed by atoms with Crippen LogP contribution in [-0.4, -0.2) is 24.7 Å². The molecule has 1 amide bonds. The van der Waals surface area contributed by atoms with Gasteiger partial charge in [-0.05, 0) is 48.2 Å². The fraction of sp³-hybridized carbons (Fsp3) is 0.316. The summed E-state index contributed by atoms with van der Waals surface area (Å²) in [5.41, 5.74) is 1.25. The predicted molar refractivity (Wildman–Crippen MR) is 93.3 cm³/mol. The fourth-order valence-electron chi connectivity index (χ4n) is 2.84. The molecule has 1 fully saturated rings. The van der Waals surface area contributed by atoms with E-state index in [4.69, 9.17) is 16.3 Å². The van der Waals surface area contributed by atoms with Crippen molar-refractivity contribution in [2.75, 3.05) is 13.7 Å². The van der Waals surface area contributed by atoms with Crippen molar-refractivity contribution in [1.82, 2.24) is 5.32 Å². The van der Waals surface area contributed by atoms with Crippen LogP contribution >= 0.6 is 11.6 Å². The monoisotopic (exact) mass is 345 g/mol. The number of nitrogens with one attached hydrogen (secondary N) is 1. The third-order valence-electron chi connectivity index (χ3n) is 4.54. The Labute approximate surface area is 146 Å². The number of halogens is 1. The summed E-state index contributed by atoms with van der Waals surface area (Å²) in [5.74, 6) is 0.687. The SMILES string of the molecule is COc1ccc(C(O)CNC(=O)C2(c3ccc(Cl)cc3)CC2)cc1. The van der Waals surface area contributed by atoms with E-state index < -0.39 is 11.5 Å². The van der Waals surface area contributed by atoms with Crippen LogP contribution in [0, 0.1) is 0 Å². The molecule has 3 rings (SSSR count). The summed E-state index contributed by atoms with van der Waals surface area (Å²) in [5, 5.41) is 13.8. The molecule has 2 N–H and O–H groups in total. The van der Waals surface area contributed by atoms with Gasteiger partial charge in [0.2, 0.25) is 5.91 Å². The maximum Gasteiger partial charge on any atom is 0.230 e. The van der Waals surface area contributed by atoms with Gasteiger partial charge >= 0.3 is 0 Å². The standard InChI is InChI=1S/C19H20ClNO3/c1-24-16-8-2-13(3-9-16)17(22)12-21-18(23)19(10-11-19)14-4-6-15(20)7-5-14/h2-9,17,22H,10-12H2,1H3,(H,21,23). The molecule has 1 aliphatic rings. The molecule has 0 spiro atoms. The lowest BCUT2D eigenvalue weighted by atomic mass is 9.95. The molecule has 2 aromatic rings. The zero-order chi connectivity index (χ0) is 17.2. The number of carbonyl (C=O) groups is 1. The number of hydrogen-bond donors (Lipinski definition) is 2. The minimum absolute atomic E-state index is 0.0441. The van der Waals surface area contributed by atoms with Crippen LogP contribution in [0.5, 0.6) is 5.75 Å². The number of benzene rings is 2. The van der Waals surface area contributed by atoms with Gasteiger partial charge in [0.05, 0.1) is 18.6 Å². The zero-order valence-electron chi connectivity index (χ0n) is 13.5. The largest absolute Gasteiger partial charge is 0.497 e. The van der Waals surface area contributed by atoms with E-state index in [-0.39, 0.29) is 12.5 Å². The Kier molecular flexibility index (Phi) is 4.78. The van der Waals surface area contributed by atoms with Crippen LogP contribution in [0.25, 0.3) is 0 Å². The molecule has 1 atom stereocenters. The molecule has 24 heavy (non-hydrogen) atoms. The lowest BCUT2D eigenvalue weighted by Crippen LogP contribution is -2.37. The molecule has 0 radical (unpaired) electrons. The third kappa shape index (κ3) is 3.40. The molecular weight excluding hydrogens is 326 g/mol. The maximum absolute atomic E-state index is 12.6. The second kappa shape index (κ2) is 6.83. The highest BCUT2D eigenvalue weighted by Gasteiger charge is 2.51. The number of amides is 1. The van der Waals surface area contributed by atoms with Gasteiger partial charge < -0.3 is 15.2 Å². The van der Waals surface area contributed by atoms with Gasteiger partial charge in [0, 0.05) is 11.6 Å². The highest BCUT2D eigenvalue weighted by Crippen LogP contribution is 2.48. The zero-order valence-corrected chi connectivity index (χ0v) is 14.2. The van der Waals surface area contributed by atoms with E-state index in [1.807, 2.05) is 12.1 Å². The van der Waals surface area contributed by atoms with E-state index in [1.165, 1.54) is 0 Å². The first kappa shape index (κ1) is 16.8. The molecule has 0 aliphatic heterocycles. The Bertz CT molecular complexity index is 708. The van der Waals surface area contributed by atoms with E-state index >= 15 is 0 Å². The number of hydrogen-bond acceptors (Lipinski definition) is 3. The Morgan fingerprint density at radius 1 is 1.21 bits per heavy atom. The van der Waals surface area contributed by atoms with Crippen molar-refractivity contribution < 1.29 is 14.6 Å². The van der Waals surface area contributed by atoms with Crippen LogP contribution < -0.4 is 10.1 Å². The lowest BCUT2D eigenvalue weighted by Gasteiger charge is -2.18. The minimum atomic E-state index is -0.749. The molecule has 0 aromatic heterocycles. The first-order valence-corrected chi connectivity index (χ1v) is 8.29. The normalized spacial score (nSPS) is 16.3. The average Bonchev–Trinajstić information content (AvgIpc) is 3.42. The van der Waals surface area contributed by atoms with Crippen LogP contribution in [0.1, 0.15) is 30.1 Å². The molecular formula is C19H20ClNO3. The number of methoxy groups -OCH3 is 1. The summed E-state index contributed by atoms with van der Waals surface area (Å²) in [4.78, 5) is 12.6. The number of aliphatic hydroxyl groups is 1. The second-order valence-electron chi connectivity index (χ2n) is 6.09. The molecule has 0 heterocycles. The van der Waals surface area contributed by atoms with Gasteiger partial charge in [-0.15, -0.1) is 0 Å². The van der Waals surface area contributed by atoms with Gasteiger partial charge in [-0.2, -0.15) is 0 Å². The molecule has 0 saturated heterocycles. The quantitative estimate of drug-likeness (QED) is 0.845. The molecule has 4 nitrogen and oxygen atoms in total. The van der Waals surface area contributed by atoms with E-state index in [9.17, 15) is 9.90 Å². The number of aliphatic hydroxyl groups excluding tert-OH is 1. The Hall–Kier alpha value is -2.04. The first-order chi connectivity index (χ1) is 11.5. The molecule has 1 saturated carbocycles. The highest BCUT2D eigenvalue weighted by atomic mass is 35.5. The van der Waals surface area contributed by atoms with Gasteiger partial charge in [0.15, 0.2) is 0 Å². The predicted octanol–water partition coefficient (Wildman–Crippen LogP) is 3.23. The Balaban J connectivity index is 1.61. The average molecular weight is 346 g/mol. The highest BCUT2D eigenvalue weighted by molar-refractivity contribution is 6.30. The fourth-order valence-corrected chi connectivity index (χ4v) is 2.97. The maximum atomic E-state index is 12.6. The number of carbonyl (C=O) groups excluding carboxylic acids is 1. The van der Waals surface area contributed by atoms with Crippen LogP contribution in [0.2, 0.25) is 5.02 Å². The van der Waals surface area contributed by atoms with E-state index in [0.717, 1.165) is 29.7 Å². The van der Waals surface area contributed by atoms with Crippen molar-refractivity contribution in [2.24, 2.45) is 0 Å². The Morgan fingerprint density at radius 2 is 1.83 bits per heavy atom. The first-order valence-electron chi connectivity index (χ1n) is 7.91. The van der Waals surface area contributed by atoms with Crippen molar-refractivity contribution in [2.45, 2.75) is 24.4 Å². The third-order valence-corrected chi connectivity index (χ3v) is 4.79. The van der Waals surface area contributed by atoms with Crippen LogP contribution in [0.3, 0.4) is 0 Å². The second-order valence-corrected chi connectivity index (χ2v) is 6.52. The van der Waals surface area contributed by atoms with Crippen LogP contribution in [0.15, 0.2) is 48.5 Å². The van der Waals surface area contributed by atoms with Crippen molar-refractivity contribution in [3.63, 3.8) is 0 Å². The van der Waals surface area contributed by atoms with Gasteiger partial charge in [-0.3, -0.25) is 4.79 Å². The molecule has 1 aliphatic carbocycles. The smallest absolute Gasteiger partial charge is 0.230 e. The van der Waals surface area contributed by atoms with Crippen LogP contribution in [0.4, 0.5) is 0 Å². The van der Waals surface area contributed by atoms with Crippen molar-refractivity contribution in [3.05, 3.63) is 64.7 Å². The van der Waals surface area contributed by atoms with Crippen molar-refractivity contribution in [1.29, 1.82) is 0 Å². The van der Waals surface area contributed by atoms with Gasteiger partial charge in [-0.25, -0.2) is 0 Å². The summed E-state index contributed by atoms with van der Waals surface area (Å²) in [6.45, 7) is 0.181. The lowest BCUT2D eigenvalue weighted by molar-refractivity contribution is -0.124. The van der Waals surface area contributed by atoms with Crippen LogP contribution in [-0.2, 0) is 10.2 Å². The molecule has 2 aromatic carbocycles. The van der Waals surface area contributed by atoms with Gasteiger partial charge in [0.25, 0.3) is 0 Å². The van der Waals surface area contributed by atoms with E-state index in [2.05, 4.69) is 5.32 Å². The molecule has 126 valence electrons. The summed E-state index contributed by atoms with van der Waals surface area (Å²) in [7, 11) is 1.59. The number of ether oxygens (including phenoxy) is 1. The van der Waals surface area contributed by atoms with Crippen molar-refractivity contribution >= 4 is 17.5 Å². The van der Waals surface area contributed by atoms with Crippen molar-refractivity contribution in [3.8, 4) is 5.75 Å². The van der Waals surface area contributed by atoms with Gasteiger partial charge in [-0.1, -0.05) is 35.9 Å². The summed E-state index contributed by atoms with van der Waals surface area (Å²) in [6.07, 6.45) is 0.888. The van der Waals surface area contributed by atoms with E-state index in [0.29, 0.717) is 5.02 Å². The topological polar surface area (TPSA) is 58.6 Å². The summed E-state index contributed by atoms with van der Waals surface area (Å²) in [6, 6.07) is 14.6. The summed E-state index contributed by atoms with van der Waals surface area (Å²) >= 11 is 5.91. The molecule has 0 bridgehead atoms. The van der Waals surface area contributed by atoms with Gasteiger partial charge in [0.1, 0.15) is 5.75 Å². The minimum Gasteiger partial charge on any atom is -0.497 e. The van der Waals surface area contributed by atoms with E-state index in [1.54, 1.807) is 43.5 Å². The Morgan fingerprint density at radius 3 is 2.38 bits per heavy atom. The summed E-state index contributed by atoms with van der Waals surface area (Å²) < 4.78 is 5.10. The molecule has 5 heteroatoms.